The van der Waals surface area contributed by atoms with Crippen molar-refractivity contribution in [2.45, 2.75) is 6.54 Å². The van der Waals surface area contributed by atoms with Crippen molar-refractivity contribution in [3.63, 3.8) is 0 Å². The third-order valence-electron chi connectivity index (χ3n) is 5.32. The topological polar surface area (TPSA) is 125 Å². The number of benzene rings is 2. The van der Waals surface area contributed by atoms with E-state index >= 15 is 0 Å². The second-order valence-electron chi connectivity index (χ2n) is 7.52. The fourth-order valence-electron chi connectivity index (χ4n) is 3.63. The molecule has 0 unspecified atom stereocenters. The summed E-state index contributed by atoms with van der Waals surface area (Å²) in [5.74, 6) is 0.910. The largest absolute Gasteiger partial charge is 0.399 e. The summed E-state index contributed by atoms with van der Waals surface area (Å²) in [5, 5.41) is 2.93. The molecular weight excluding hydrogens is 414 g/mol. The number of nitrogen functional groups attached to an aromatic ring is 2. The van der Waals surface area contributed by atoms with Crippen LogP contribution in [0.4, 0.5) is 11.5 Å². The third kappa shape index (κ3) is 3.97. The van der Waals surface area contributed by atoms with Crippen molar-refractivity contribution in [2.24, 2.45) is 0 Å². The molecule has 162 valence electrons. The van der Waals surface area contributed by atoms with Gasteiger partial charge in [-0.2, -0.15) is 0 Å². The van der Waals surface area contributed by atoms with Gasteiger partial charge in [0.25, 0.3) is 5.91 Å². The quantitative estimate of drug-likeness (QED) is 0.363. The van der Waals surface area contributed by atoms with Gasteiger partial charge in [-0.15, -0.1) is 0 Å². The lowest BCUT2D eigenvalue weighted by molar-refractivity contribution is 0.0951. The molecule has 0 fully saturated rings. The lowest BCUT2D eigenvalue weighted by Crippen LogP contribution is -2.22. The van der Waals surface area contributed by atoms with Crippen molar-refractivity contribution >= 4 is 28.6 Å². The van der Waals surface area contributed by atoms with Gasteiger partial charge in [0.05, 0.1) is 5.56 Å². The van der Waals surface area contributed by atoms with Gasteiger partial charge < -0.3 is 16.8 Å². The molecule has 0 saturated carbocycles. The van der Waals surface area contributed by atoms with E-state index in [0.29, 0.717) is 29.4 Å². The first-order chi connectivity index (χ1) is 16.1. The highest BCUT2D eigenvalue weighted by atomic mass is 16.1. The summed E-state index contributed by atoms with van der Waals surface area (Å²) in [4.78, 5) is 25.9. The molecule has 33 heavy (non-hydrogen) atoms. The van der Waals surface area contributed by atoms with Gasteiger partial charge in [-0.3, -0.25) is 9.36 Å². The highest BCUT2D eigenvalue weighted by Gasteiger charge is 2.17. The number of carbonyl (C=O) groups excluding carboxylic acids is 1. The van der Waals surface area contributed by atoms with Gasteiger partial charge in [0.1, 0.15) is 11.3 Å². The first kappa shape index (κ1) is 20.2. The summed E-state index contributed by atoms with van der Waals surface area (Å²) < 4.78 is 1.96. The van der Waals surface area contributed by atoms with Crippen LogP contribution in [0.1, 0.15) is 15.9 Å². The van der Waals surface area contributed by atoms with Gasteiger partial charge in [-0.1, -0.05) is 12.1 Å². The Labute approximate surface area is 189 Å². The number of imidazole rings is 1. The second-order valence-corrected chi connectivity index (χ2v) is 7.52. The zero-order valence-corrected chi connectivity index (χ0v) is 17.6. The highest BCUT2D eigenvalue weighted by Crippen LogP contribution is 2.30. The van der Waals surface area contributed by atoms with Crippen molar-refractivity contribution in [1.29, 1.82) is 0 Å². The molecule has 8 heteroatoms. The van der Waals surface area contributed by atoms with Gasteiger partial charge in [0, 0.05) is 35.9 Å². The number of carbonyl (C=O) groups is 1. The van der Waals surface area contributed by atoms with E-state index in [-0.39, 0.29) is 5.91 Å². The number of rotatable bonds is 5. The van der Waals surface area contributed by atoms with E-state index in [0.717, 1.165) is 28.0 Å². The summed E-state index contributed by atoms with van der Waals surface area (Å²) in [6, 6.07) is 22.2. The van der Waals surface area contributed by atoms with Crippen molar-refractivity contribution in [2.75, 3.05) is 11.5 Å². The highest BCUT2D eigenvalue weighted by molar-refractivity contribution is 5.94. The van der Waals surface area contributed by atoms with Gasteiger partial charge in [0.2, 0.25) is 0 Å². The number of aromatic nitrogens is 4. The van der Waals surface area contributed by atoms with Gasteiger partial charge in [-0.25, -0.2) is 15.0 Å². The van der Waals surface area contributed by atoms with E-state index in [9.17, 15) is 4.79 Å². The molecule has 0 atom stereocenters. The molecule has 5 N–H and O–H groups in total. The van der Waals surface area contributed by atoms with E-state index in [1.165, 1.54) is 0 Å². The van der Waals surface area contributed by atoms with Crippen molar-refractivity contribution in [3.8, 4) is 17.1 Å². The molecule has 0 bridgehead atoms. The monoisotopic (exact) mass is 435 g/mol. The van der Waals surface area contributed by atoms with Crippen LogP contribution < -0.4 is 16.8 Å². The van der Waals surface area contributed by atoms with E-state index in [1.807, 2.05) is 53.1 Å². The van der Waals surface area contributed by atoms with E-state index in [4.69, 9.17) is 16.5 Å². The van der Waals surface area contributed by atoms with Crippen molar-refractivity contribution in [1.82, 2.24) is 24.8 Å². The number of amides is 1. The van der Waals surface area contributed by atoms with Crippen molar-refractivity contribution in [3.05, 3.63) is 96.3 Å². The van der Waals surface area contributed by atoms with Gasteiger partial charge in [-0.05, 0) is 66.2 Å². The van der Waals surface area contributed by atoms with Crippen LogP contribution in [0.2, 0.25) is 0 Å². The molecule has 5 rings (SSSR count). The Morgan fingerprint density at radius 1 is 0.879 bits per heavy atom. The Kier molecular flexibility index (Phi) is 5.16. The minimum atomic E-state index is -0.154. The number of fused-ring (bicyclic) bond motifs is 1. The maximum absolute atomic E-state index is 12.4. The van der Waals surface area contributed by atoms with Crippen LogP contribution in [0.25, 0.3) is 28.2 Å². The van der Waals surface area contributed by atoms with Gasteiger partial charge >= 0.3 is 0 Å². The molecule has 5 aromatic rings. The molecule has 3 aromatic heterocycles. The van der Waals surface area contributed by atoms with Crippen LogP contribution in [-0.4, -0.2) is 25.4 Å². The summed E-state index contributed by atoms with van der Waals surface area (Å²) in [5.41, 5.74) is 17.1. The molecule has 0 spiro atoms. The molecular formula is C25H21N7O. The maximum atomic E-state index is 12.4. The summed E-state index contributed by atoms with van der Waals surface area (Å²) in [6.07, 6.45) is 3.38. The average molecular weight is 435 g/mol. The van der Waals surface area contributed by atoms with Crippen LogP contribution in [-0.2, 0) is 6.54 Å². The molecule has 0 aliphatic carbocycles. The normalized spacial score (nSPS) is 10.9. The predicted octanol–water partition coefficient (Wildman–Crippen LogP) is 3.58. The summed E-state index contributed by atoms with van der Waals surface area (Å²) >= 11 is 0. The fraction of sp³-hybridized carbons (Fsp3) is 0.0400. The molecule has 3 heterocycles. The lowest BCUT2D eigenvalue weighted by Gasteiger charge is -2.11. The second kappa shape index (κ2) is 8.43. The molecule has 1 amide bonds. The molecule has 0 radical (unpaired) electrons. The number of nitrogens with zero attached hydrogens (tertiary/aromatic N) is 4. The number of nitrogens with one attached hydrogen (secondary N) is 1. The van der Waals surface area contributed by atoms with Crippen LogP contribution in [0, 0.1) is 0 Å². The SMILES string of the molecule is Nc1ccc(C(=O)NCc2ccc(-n3c(-c4cccnc4N)nc4cccnc43)cc2)cc1. The zero-order chi connectivity index (χ0) is 22.8. The number of hydrogen-bond acceptors (Lipinski definition) is 6. The van der Waals surface area contributed by atoms with Crippen LogP contribution in [0.5, 0.6) is 0 Å². The van der Waals surface area contributed by atoms with E-state index in [1.54, 1.807) is 36.7 Å². The fourth-order valence-corrected chi connectivity index (χ4v) is 3.63. The molecule has 0 aliphatic rings. The lowest BCUT2D eigenvalue weighted by atomic mass is 10.1. The Morgan fingerprint density at radius 3 is 2.36 bits per heavy atom. The Balaban J connectivity index is 1.44. The maximum Gasteiger partial charge on any atom is 0.251 e. The number of anilines is 2. The Bertz CT molecular complexity index is 1440. The average Bonchev–Trinajstić information content (AvgIpc) is 3.23. The van der Waals surface area contributed by atoms with Crippen LogP contribution in [0.3, 0.4) is 0 Å². The van der Waals surface area contributed by atoms with Crippen molar-refractivity contribution < 1.29 is 4.79 Å². The zero-order valence-electron chi connectivity index (χ0n) is 17.6. The van der Waals surface area contributed by atoms with E-state index in [2.05, 4.69) is 15.3 Å². The smallest absolute Gasteiger partial charge is 0.251 e. The minimum absolute atomic E-state index is 0.154. The minimum Gasteiger partial charge on any atom is -0.399 e. The first-order valence-electron chi connectivity index (χ1n) is 10.4. The summed E-state index contributed by atoms with van der Waals surface area (Å²) in [6.45, 7) is 0.398. The Hall–Kier alpha value is -4.72. The molecule has 2 aromatic carbocycles. The standard InChI is InChI=1S/C25H21N7O/c26-18-9-7-17(8-10-18)25(33)30-15-16-5-11-19(12-6-16)32-23(20-3-1-13-28-22(20)27)31-21-4-2-14-29-24(21)32/h1-14H,15,26H2,(H2,27,28)(H,30,33). The van der Waals surface area contributed by atoms with Crippen LogP contribution in [0.15, 0.2) is 85.2 Å². The van der Waals surface area contributed by atoms with Crippen LogP contribution >= 0.6 is 0 Å². The Morgan fingerprint density at radius 2 is 1.61 bits per heavy atom. The van der Waals surface area contributed by atoms with E-state index < -0.39 is 0 Å². The number of nitrogens with two attached hydrogens (primary N) is 2. The molecule has 0 saturated heterocycles. The number of pyridine rings is 2. The summed E-state index contributed by atoms with van der Waals surface area (Å²) in [7, 11) is 0. The molecule has 0 aliphatic heterocycles. The predicted molar refractivity (Wildman–Crippen MR) is 129 cm³/mol. The molecule has 8 nitrogen and oxygen atoms in total. The first-order valence-corrected chi connectivity index (χ1v) is 10.4. The third-order valence-corrected chi connectivity index (χ3v) is 5.32. The number of hydrogen-bond donors (Lipinski definition) is 3. The van der Waals surface area contributed by atoms with Gasteiger partial charge in [0.15, 0.2) is 11.5 Å².